The van der Waals surface area contributed by atoms with E-state index in [1.165, 1.54) is 29.7 Å². The first-order valence-corrected chi connectivity index (χ1v) is 7.51. The smallest absolute Gasteiger partial charge is 0.121 e. The van der Waals surface area contributed by atoms with E-state index in [2.05, 4.69) is 47.9 Å². The third-order valence-corrected chi connectivity index (χ3v) is 4.04. The van der Waals surface area contributed by atoms with Crippen LogP contribution >= 0.6 is 0 Å². The Balaban J connectivity index is 1.75. The molecule has 0 spiro atoms. The zero-order valence-electron chi connectivity index (χ0n) is 12.7. The molecular weight excluding hydrogens is 260 g/mol. The van der Waals surface area contributed by atoms with E-state index in [4.69, 9.17) is 4.74 Å². The second-order valence-electron chi connectivity index (χ2n) is 5.52. The van der Waals surface area contributed by atoms with Crippen molar-refractivity contribution < 1.29 is 4.74 Å². The molecule has 21 heavy (non-hydrogen) atoms. The molecule has 0 saturated carbocycles. The van der Waals surface area contributed by atoms with Crippen molar-refractivity contribution in [2.75, 3.05) is 24.3 Å². The summed E-state index contributed by atoms with van der Waals surface area (Å²) in [5.41, 5.74) is 6.37. The molecule has 0 fully saturated rings. The standard InChI is InChI=1S/C18H22N2O/c1-13-11-16(8-9-17(13)21-2)20-12-15-6-3-5-14-7-4-10-19-18(14)15/h3,5-6,8-9,11,19-20H,4,7,10,12H2,1-2H3. The SMILES string of the molecule is COc1ccc(NCc2cccc3c2NCCC3)cc1C. The van der Waals surface area contributed by atoms with Gasteiger partial charge in [0.1, 0.15) is 5.75 Å². The van der Waals surface area contributed by atoms with Crippen LogP contribution < -0.4 is 15.4 Å². The molecule has 3 heteroatoms. The molecular formula is C18H22N2O. The minimum atomic E-state index is 0.835. The van der Waals surface area contributed by atoms with Gasteiger partial charge in [0, 0.05) is 24.5 Å². The number of hydrogen-bond acceptors (Lipinski definition) is 3. The summed E-state index contributed by atoms with van der Waals surface area (Å²) in [6, 6.07) is 12.8. The van der Waals surface area contributed by atoms with Crippen LogP contribution in [-0.2, 0) is 13.0 Å². The van der Waals surface area contributed by atoms with Crippen molar-refractivity contribution in [3.63, 3.8) is 0 Å². The van der Waals surface area contributed by atoms with Crippen LogP contribution in [0.5, 0.6) is 5.75 Å². The zero-order chi connectivity index (χ0) is 14.7. The summed E-state index contributed by atoms with van der Waals surface area (Å²) < 4.78 is 5.30. The number of rotatable bonds is 4. The lowest BCUT2D eigenvalue weighted by Crippen LogP contribution is -2.15. The Morgan fingerprint density at radius 3 is 2.95 bits per heavy atom. The molecule has 110 valence electrons. The number of methoxy groups -OCH3 is 1. The number of fused-ring (bicyclic) bond motifs is 1. The van der Waals surface area contributed by atoms with E-state index < -0.39 is 0 Å². The van der Waals surface area contributed by atoms with Gasteiger partial charge in [-0.25, -0.2) is 0 Å². The molecule has 1 heterocycles. The Labute approximate surface area is 126 Å². The maximum absolute atomic E-state index is 5.30. The van der Waals surface area contributed by atoms with Gasteiger partial charge in [-0.15, -0.1) is 0 Å². The maximum atomic E-state index is 5.30. The van der Waals surface area contributed by atoms with Crippen LogP contribution in [0.15, 0.2) is 36.4 Å². The highest BCUT2D eigenvalue weighted by Crippen LogP contribution is 2.27. The third-order valence-electron chi connectivity index (χ3n) is 4.04. The summed E-state index contributed by atoms with van der Waals surface area (Å²) >= 11 is 0. The van der Waals surface area contributed by atoms with Crippen molar-refractivity contribution in [2.24, 2.45) is 0 Å². The van der Waals surface area contributed by atoms with Crippen molar-refractivity contribution in [3.05, 3.63) is 53.1 Å². The molecule has 0 saturated heterocycles. The number of nitrogens with one attached hydrogen (secondary N) is 2. The Morgan fingerprint density at radius 2 is 2.14 bits per heavy atom. The quantitative estimate of drug-likeness (QED) is 0.890. The first-order chi connectivity index (χ1) is 10.3. The van der Waals surface area contributed by atoms with Crippen LogP contribution in [-0.4, -0.2) is 13.7 Å². The van der Waals surface area contributed by atoms with Gasteiger partial charge < -0.3 is 15.4 Å². The zero-order valence-corrected chi connectivity index (χ0v) is 12.7. The fraction of sp³-hybridized carbons (Fsp3) is 0.333. The number of para-hydroxylation sites is 1. The van der Waals surface area contributed by atoms with E-state index in [1.807, 2.05) is 6.07 Å². The highest BCUT2D eigenvalue weighted by Gasteiger charge is 2.11. The van der Waals surface area contributed by atoms with Gasteiger partial charge in [-0.3, -0.25) is 0 Å². The van der Waals surface area contributed by atoms with Gasteiger partial charge in [0.2, 0.25) is 0 Å². The predicted octanol–water partition coefficient (Wildman–Crippen LogP) is 3.97. The molecule has 0 aliphatic carbocycles. The molecule has 2 N–H and O–H groups in total. The monoisotopic (exact) mass is 282 g/mol. The van der Waals surface area contributed by atoms with Crippen molar-refractivity contribution in [2.45, 2.75) is 26.3 Å². The van der Waals surface area contributed by atoms with Crippen molar-refractivity contribution in [1.29, 1.82) is 0 Å². The van der Waals surface area contributed by atoms with Gasteiger partial charge in [0.05, 0.1) is 7.11 Å². The topological polar surface area (TPSA) is 33.3 Å². The Kier molecular flexibility index (Phi) is 4.00. The minimum absolute atomic E-state index is 0.835. The van der Waals surface area contributed by atoms with Gasteiger partial charge in [0.15, 0.2) is 0 Å². The molecule has 2 aromatic carbocycles. The Bertz CT molecular complexity index is 637. The molecule has 2 aromatic rings. The molecule has 0 aromatic heterocycles. The number of hydrogen-bond donors (Lipinski definition) is 2. The molecule has 0 atom stereocenters. The summed E-state index contributed by atoms with van der Waals surface area (Å²) in [7, 11) is 1.71. The van der Waals surface area contributed by atoms with Gasteiger partial charge in [0.25, 0.3) is 0 Å². The number of anilines is 2. The normalized spacial score (nSPS) is 13.2. The van der Waals surface area contributed by atoms with Crippen LogP contribution in [0.3, 0.4) is 0 Å². The lowest BCUT2D eigenvalue weighted by atomic mass is 9.99. The van der Waals surface area contributed by atoms with Gasteiger partial charge in [-0.1, -0.05) is 18.2 Å². The van der Waals surface area contributed by atoms with Crippen LogP contribution in [0.2, 0.25) is 0 Å². The summed E-state index contributed by atoms with van der Waals surface area (Å²) in [4.78, 5) is 0. The molecule has 3 nitrogen and oxygen atoms in total. The molecule has 0 unspecified atom stereocenters. The molecule has 0 amide bonds. The summed E-state index contributed by atoms with van der Waals surface area (Å²) in [5.74, 6) is 0.930. The van der Waals surface area contributed by atoms with Crippen LogP contribution in [0.1, 0.15) is 23.1 Å². The average molecular weight is 282 g/mol. The summed E-state index contributed by atoms with van der Waals surface area (Å²) in [6.45, 7) is 3.98. The van der Waals surface area contributed by atoms with Crippen molar-refractivity contribution in [3.8, 4) is 5.75 Å². The number of ether oxygens (including phenoxy) is 1. The lowest BCUT2D eigenvalue weighted by molar-refractivity contribution is 0.412. The predicted molar refractivity (Wildman–Crippen MR) is 88.3 cm³/mol. The summed E-state index contributed by atoms with van der Waals surface area (Å²) in [5, 5.41) is 7.04. The number of benzene rings is 2. The Hall–Kier alpha value is -2.16. The second-order valence-corrected chi connectivity index (χ2v) is 5.52. The summed E-state index contributed by atoms with van der Waals surface area (Å²) in [6.07, 6.45) is 2.40. The minimum Gasteiger partial charge on any atom is -0.496 e. The third kappa shape index (κ3) is 2.97. The van der Waals surface area contributed by atoms with Crippen molar-refractivity contribution >= 4 is 11.4 Å². The Morgan fingerprint density at radius 1 is 1.24 bits per heavy atom. The fourth-order valence-corrected chi connectivity index (χ4v) is 2.91. The van der Waals surface area contributed by atoms with Gasteiger partial charge in [-0.05, 0) is 54.7 Å². The number of aryl methyl sites for hydroxylation is 2. The lowest BCUT2D eigenvalue weighted by Gasteiger charge is -2.21. The second kappa shape index (κ2) is 6.08. The van der Waals surface area contributed by atoms with E-state index in [9.17, 15) is 0 Å². The fourth-order valence-electron chi connectivity index (χ4n) is 2.91. The van der Waals surface area contributed by atoms with Crippen LogP contribution in [0.25, 0.3) is 0 Å². The largest absolute Gasteiger partial charge is 0.496 e. The van der Waals surface area contributed by atoms with Gasteiger partial charge in [-0.2, -0.15) is 0 Å². The molecule has 0 radical (unpaired) electrons. The van der Waals surface area contributed by atoms with E-state index in [-0.39, 0.29) is 0 Å². The van der Waals surface area contributed by atoms with E-state index in [0.29, 0.717) is 0 Å². The first-order valence-electron chi connectivity index (χ1n) is 7.51. The van der Waals surface area contributed by atoms with E-state index >= 15 is 0 Å². The molecule has 3 rings (SSSR count). The highest BCUT2D eigenvalue weighted by atomic mass is 16.5. The van der Waals surface area contributed by atoms with E-state index in [1.54, 1.807) is 7.11 Å². The maximum Gasteiger partial charge on any atom is 0.121 e. The molecule has 0 bridgehead atoms. The first kappa shape index (κ1) is 13.8. The molecule has 1 aliphatic rings. The van der Waals surface area contributed by atoms with Crippen LogP contribution in [0, 0.1) is 6.92 Å². The van der Waals surface area contributed by atoms with Gasteiger partial charge >= 0.3 is 0 Å². The van der Waals surface area contributed by atoms with Crippen LogP contribution in [0.4, 0.5) is 11.4 Å². The average Bonchev–Trinajstić information content (AvgIpc) is 2.53. The van der Waals surface area contributed by atoms with E-state index in [0.717, 1.165) is 30.1 Å². The molecule has 1 aliphatic heterocycles. The highest BCUT2D eigenvalue weighted by molar-refractivity contribution is 5.60. The van der Waals surface area contributed by atoms with Crippen molar-refractivity contribution in [1.82, 2.24) is 0 Å².